The molecule has 1 unspecified atom stereocenters. The number of carbonyl (C=O) groups is 1. The summed E-state index contributed by atoms with van der Waals surface area (Å²) in [6.45, 7) is 4.88. The number of aryl methyl sites for hydroxylation is 2. The summed E-state index contributed by atoms with van der Waals surface area (Å²) in [6.07, 6.45) is 3.08. The average molecular weight is 349 g/mol. The molecule has 0 spiro atoms. The number of fused-ring (bicyclic) bond motifs is 1. The number of rotatable bonds is 2. The van der Waals surface area contributed by atoms with Gasteiger partial charge in [-0.15, -0.1) is 0 Å². The summed E-state index contributed by atoms with van der Waals surface area (Å²) >= 11 is 0. The molecule has 3 rings (SSSR count). The summed E-state index contributed by atoms with van der Waals surface area (Å²) in [6, 6.07) is 5.87. The Labute approximate surface area is 142 Å². The van der Waals surface area contributed by atoms with Crippen LogP contribution in [0.2, 0.25) is 0 Å². The van der Waals surface area contributed by atoms with E-state index in [1.165, 1.54) is 6.26 Å². The van der Waals surface area contributed by atoms with Crippen LogP contribution in [0.4, 0.5) is 0 Å². The molecule has 1 fully saturated rings. The number of hydrogen-bond donors (Lipinski definition) is 0. The number of amides is 1. The first-order valence-electron chi connectivity index (χ1n) is 8.26. The molecular weight excluding hydrogens is 326 g/mol. The molecule has 1 amide bonds. The highest BCUT2D eigenvalue weighted by Gasteiger charge is 2.29. The molecule has 1 aliphatic heterocycles. The van der Waals surface area contributed by atoms with Crippen LogP contribution in [0.1, 0.15) is 40.9 Å². The van der Waals surface area contributed by atoms with Gasteiger partial charge in [0.2, 0.25) is 0 Å². The number of furan rings is 1. The Kier molecular flexibility index (Phi) is 4.42. The summed E-state index contributed by atoms with van der Waals surface area (Å²) < 4.78 is 29.4. The number of likely N-dealkylation sites (tertiary alicyclic amines) is 1. The third-order valence-electron chi connectivity index (χ3n) is 4.92. The van der Waals surface area contributed by atoms with Crippen molar-refractivity contribution in [2.45, 2.75) is 38.4 Å². The molecule has 1 saturated heterocycles. The number of para-hydroxylation sites is 1. The van der Waals surface area contributed by atoms with Gasteiger partial charge in [-0.25, -0.2) is 8.42 Å². The molecule has 0 N–H and O–H groups in total. The predicted octanol–water partition coefficient (Wildman–Crippen LogP) is 3.09. The highest BCUT2D eigenvalue weighted by molar-refractivity contribution is 7.91. The molecule has 0 radical (unpaired) electrons. The van der Waals surface area contributed by atoms with Gasteiger partial charge in [0.25, 0.3) is 5.91 Å². The van der Waals surface area contributed by atoms with Gasteiger partial charge in [0.05, 0.1) is 5.25 Å². The molecule has 2 heterocycles. The Hall–Kier alpha value is -1.82. The minimum absolute atomic E-state index is 0.141. The quantitative estimate of drug-likeness (QED) is 0.835. The van der Waals surface area contributed by atoms with E-state index in [4.69, 9.17) is 4.42 Å². The maximum absolute atomic E-state index is 12.9. The third kappa shape index (κ3) is 3.07. The lowest BCUT2D eigenvalue weighted by molar-refractivity contribution is 0.0731. The molecule has 0 aliphatic carbocycles. The van der Waals surface area contributed by atoms with Crippen LogP contribution in [-0.4, -0.2) is 43.8 Å². The normalized spacial score (nSPS) is 19.5. The van der Waals surface area contributed by atoms with Crippen LogP contribution in [0.5, 0.6) is 0 Å². The first kappa shape index (κ1) is 17.0. The fraction of sp³-hybridized carbons (Fsp3) is 0.500. The summed E-state index contributed by atoms with van der Waals surface area (Å²) in [5.41, 5.74) is 2.60. The van der Waals surface area contributed by atoms with Gasteiger partial charge < -0.3 is 9.32 Å². The fourth-order valence-electron chi connectivity index (χ4n) is 3.43. The van der Waals surface area contributed by atoms with Gasteiger partial charge in [-0.1, -0.05) is 18.2 Å². The van der Waals surface area contributed by atoms with Crippen LogP contribution in [0.25, 0.3) is 11.0 Å². The van der Waals surface area contributed by atoms with Gasteiger partial charge in [0.1, 0.15) is 15.4 Å². The number of sulfone groups is 1. The van der Waals surface area contributed by atoms with E-state index in [1.807, 2.05) is 32.0 Å². The molecule has 24 heavy (non-hydrogen) atoms. The maximum atomic E-state index is 12.9. The topological polar surface area (TPSA) is 67.6 Å². The van der Waals surface area contributed by atoms with Gasteiger partial charge in [-0.3, -0.25) is 4.79 Å². The molecule has 1 atom stereocenters. The first-order valence-corrected chi connectivity index (χ1v) is 10.2. The zero-order chi connectivity index (χ0) is 17.5. The zero-order valence-electron chi connectivity index (χ0n) is 14.3. The second-order valence-electron chi connectivity index (χ2n) is 6.68. The van der Waals surface area contributed by atoms with Crippen molar-refractivity contribution < 1.29 is 17.6 Å². The Balaban J connectivity index is 1.87. The van der Waals surface area contributed by atoms with Crippen molar-refractivity contribution in [1.29, 1.82) is 0 Å². The standard InChI is InChI=1S/C18H23NO4S/c1-12-6-4-8-15-13(2)17(23-16(12)15)18(20)19-10-5-7-14(9-11-19)24(3,21)22/h4,6,8,14H,5,7,9-11H2,1-3H3. The van der Waals surface area contributed by atoms with Gasteiger partial charge >= 0.3 is 0 Å². The summed E-state index contributed by atoms with van der Waals surface area (Å²) in [4.78, 5) is 14.6. The van der Waals surface area contributed by atoms with Gasteiger partial charge in [0.15, 0.2) is 5.76 Å². The van der Waals surface area contributed by atoms with E-state index >= 15 is 0 Å². The SMILES string of the molecule is Cc1c(C(=O)N2CCCC(S(C)(=O)=O)CC2)oc2c(C)cccc12. The number of carbonyl (C=O) groups excluding carboxylic acids is 1. The molecular formula is C18H23NO4S. The van der Waals surface area contributed by atoms with Crippen LogP contribution in [0.15, 0.2) is 22.6 Å². The van der Waals surface area contributed by atoms with Crippen molar-refractivity contribution in [2.75, 3.05) is 19.3 Å². The van der Waals surface area contributed by atoms with Crippen molar-refractivity contribution in [2.24, 2.45) is 0 Å². The second-order valence-corrected chi connectivity index (χ2v) is 9.01. The zero-order valence-corrected chi connectivity index (χ0v) is 15.1. The van der Waals surface area contributed by atoms with Crippen LogP contribution >= 0.6 is 0 Å². The predicted molar refractivity (Wildman–Crippen MR) is 94.1 cm³/mol. The number of benzene rings is 1. The Bertz CT molecular complexity index is 882. The van der Waals surface area contributed by atoms with Crippen molar-refractivity contribution in [3.05, 3.63) is 35.1 Å². The summed E-state index contributed by atoms with van der Waals surface area (Å²) in [5, 5.41) is 0.608. The molecule has 1 aliphatic rings. The van der Waals surface area contributed by atoms with Crippen molar-refractivity contribution in [3.63, 3.8) is 0 Å². The van der Waals surface area contributed by atoms with Gasteiger partial charge in [0, 0.05) is 30.3 Å². The highest BCUT2D eigenvalue weighted by atomic mass is 32.2. The lowest BCUT2D eigenvalue weighted by atomic mass is 10.1. The van der Waals surface area contributed by atoms with Gasteiger partial charge in [-0.05, 0) is 38.7 Å². The van der Waals surface area contributed by atoms with Crippen LogP contribution in [0, 0.1) is 13.8 Å². The van der Waals surface area contributed by atoms with E-state index < -0.39 is 9.84 Å². The van der Waals surface area contributed by atoms with Crippen LogP contribution in [-0.2, 0) is 9.84 Å². The smallest absolute Gasteiger partial charge is 0.289 e. The van der Waals surface area contributed by atoms with Crippen molar-refractivity contribution in [3.8, 4) is 0 Å². The average Bonchev–Trinajstić information content (AvgIpc) is 2.72. The number of hydrogen-bond acceptors (Lipinski definition) is 4. The van der Waals surface area contributed by atoms with Crippen LogP contribution < -0.4 is 0 Å². The second kappa shape index (κ2) is 6.24. The van der Waals surface area contributed by atoms with Crippen molar-refractivity contribution in [1.82, 2.24) is 4.90 Å². The van der Waals surface area contributed by atoms with Gasteiger partial charge in [-0.2, -0.15) is 0 Å². The Morgan fingerprint density at radius 3 is 2.62 bits per heavy atom. The molecule has 2 aromatic rings. The summed E-state index contributed by atoms with van der Waals surface area (Å²) in [7, 11) is -3.06. The Morgan fingerprint density at radius 1 is 1.21 bits per heavy atom. The lowest BCUT2D eigenvalue weighted by Gasteiger charge is -2.19. The van der Waals surface area contributed by atoms with E-state index in [-0.39, 0.29) is 11.2 Å². The molecule has 1 aromatic carbocycles. The van der Waals surface area contributed by atoms with E-state index in [9.17, 15) is 13.2 Å². The van der Waals surface area contributed by atoms with E-state index in [0.717, 1.165) is 22.1 Å². The highest BCUT2D eigenvalue weighted by Crippen LogP contribution is 2.29. The van der Waals surface area contributed by atoms with Crippen molar-refractivity contribution >= 4 is 26.7 Å². The molecule has 130 valence electrons. The minimum Gasteiger partial charge on any atom is -0.450 e. The minimum atomic E-state index is -3.06. The number of nitrogens with zero attached hydrogens (tertiary/aromatic N) is 1. The monoisotopic (exact) mass is 349 g/mol. The molecule has 0 saturated carbocycles. The van der Waals surface area contributed by atoms with E-state index in [2.05, 4.69) is 0 Å². The molecule has 1 aromatic heterocycles. The Morgan fingerprint density at radius 2 is 1.96 bits per heavy atom. The fourth-order valence-corrected chi connectivity index (χ4v) is 4.56. The first-order chi connectivity index (χ1) is 11.3. The largest absolute Gasteiger partial charge is 0.450 e. The molecule has 6 heteroatoms. The maximum Gasteiger partial charge on any atom is 0.289 e. The lowest BCUT2D eigenvalue weighted by Crippen LogP contribution is -2.32. The van der Waals surface area contributed by atoms with E-state index in [1.54, 1.807) is 4.90 Å². The molecule has 0 bridgehead atoms. The summed E-state index contributed by atoms with van der Waals surface area (Å²) in [5.74, 6) is 0.231. The van der Waals surface area contributed by atoms with E-state index in [0.29, 0.717) is 38.1 Å². The van der Waals surface area contributed by atoms with Crippen LogP contribution in [0.3, 0.4) is 0 Å². The molecule has 5 nitrogen and oxygen atoms in total. The third-order valence-corrected chi connectivity index (χ3v) is 6.61.